The molecule has 2 heterocycles. The first kappa shape index (κ1) is 29.2. The molecule has 10 heteroatoms. The molecule has 0 amide bonds. The van der Waals surface area contributed by atoms with E-state index in [1.165, 1.54) is 23.1 Å². The standard InChI is InChI=1S/C29H35N3O5S2/c1-3-12-32(13-4-2)23-8-7-20-15-22(6-5-21(20)16-23)28-10-9-24(38-28)17-25(18-30)39(35,36)31-19-27-29(34)26(33)11-14-37-27/h5-10,15-17,26-27,29,31,33-34H,3-4,11-14,19H2,1-2H3/b25-17+/t26-,27-,29+/m1/s1. The van der Waals surface area contributed by atoms with Crippen LogP contribution in [0.1, 0.15) is 38.0 Å². The van der Waals surface area contributed by atoms with Crippen LogP contribution in [0.5, 0.6) is 0 Å². The third-order valence-corrected chi connectivity index (χ3v) is 9.17. The van der Waals surface area contributed by atoms with Crippen LogP contribution < -0.4 is 9.62 Å². The molecule has 1 aliphatic heterocycles. The van der Waals surface area contributed by atoms with Crippen molar-refractivity contribution in [3.63, 3.8) is 0 Å². The molecule has 4 rings (SSSR count). The lowest BCUT2D eigenvalue weighted by Gasteiger charge is -2.31. The van der Waals surface area contributed by atoms with E-state index in [1.54, 1.807) is 12.1 Å². The third kappa shape index (κ3) is 7.06. The number of hydrogen-bond donors (Lipinski definition) is 3. The highest BCUT2D eigenvalue weighted by Gasteiger charge is 2.32. The molecule has 0 bridgehead atoms. The Labute approximate surface area is 234 Å². The van der Waals surface area contributed by atoms with Crippen LogP contribution in [0.4, 0.5) is 5.69 Å². The molecule has 0 unspecified atom stereocenters. The molecule has 0 radical (unpaired) electrons. The molecule has 3 aromatic rings. The molecule has 3 atom stereocenters. The number of anilines is 1. The Balaban J connectivity index is 1.50. The van der Waals surface area contributed by atoms with Gasteiger partial charge in [0.2, 0.25) is 0 Å². The maximum Gasteiger partial charge on any atom is 0.250 e. The second-order valence-electron chi connectivity index (χ2n) is 9.66. The summed E-state index contributed by atoms with van der Waals surface area (Å²) in [5, 5.41) is 31.7. The highest BCUT2D eigenvalue weighted by molar-refractivity contribution is 7.93. The zero-order chi connectivity index (χ0) is 28.0. The Morgan fingerprint density at radius 3 is 2.56 bits per heavy atom. The van der Waals surface area contributed by atoms with Crippen LogP contribution in [-0.2, 0) is 14.8 Å². The van der Waals surface area contributed by atoms with Crippen molar-refractivity contribution in [1.82, 2.24) is 4.72 Å². The predicted octanol–water partition coefficient (Wildman–Crippen LogP) is 4.49. The van der Waals surface area contributed by atoms with Gasteiger partial charge in [-0.05, 0) is 72.0 Å². The van der Waals surface area contributed by atoms with Crippen molar-refractivity contribution in [3.05, 3.63) is 58.3 Å². The molecule has 1 saturated heterocycles. The molecule has 0 aliphatic carbocycles. The maximum absolute atomic E-state index is 12.8. The van der Waals surface area contributed by atoms with E-state index in [9.17, 15) is 23.9 Å². The summed E-state index contributed by atoms with van der Waals surface area (Å²) in [4.78, 5) is 3.56. The third-order valence-electron chi connectivity index (χ3n) is 6.76. The number of fused-ring (bicyclic) bond motifs is 1. The lowest BCUT2D eigenvalue weighted by Crippen LogP contribution is -2.49. The lowest BCUT2D eigenvalue weighted by molar-refractivity contribution is -0.131. The predicted molar refractivity (Wildman–Crippen MR) is 157 cm³/mol. The van der Waals surface area contributed by atoms with Gasteiger partial charge in [-0.15, -0.1) is 11.3 Å². The van der Waals surface area contributed by atoms with E-state index in [-0.39, 0.29) is 19.6 Å². The summed E-state index contributed by atoms with van der Waals surface area (Å²) in [6, 6.07) is 18.3. The number of hydrogen-bond acceptors (Lipinski definition) is 8. The fraction of sp³-hybridized carbons (Fsp3) is 0.414. The second kappa shape index (κ2) is 13.0. The topological polar surface area (TPSA) is 123 Å². The van der Waals surface area contributed by atoms with Crippen molar-refractivity contribution in [2.45, 2.75) is 51.4 Å². The molecule has 8 nitrogen and oxygen atoms in total. The number of aliphatic hydroxyl groups is 2. The second-order valence-corrected chi connectivity index (χ2v) is 12.5. The van der Waals surface area contributed by atoms with Crippen molar-refractivity contribution in [2.24, 2.45) is 0 Å². The molecular formula is C29H35N3O5S2. The van der Waals surface area contributed by atoms with Crippen LogP contribution in [0, 0.1) is 11.3 Å². The normalized spacial score (nSPS) is 20.2. The summed E-state index contributed by atoms with van der Waals surface area (Å²) in [6.45, 7) is 6.40. The molecule has 208 valence electrons. The molecule has 2 aromatic carbocycles. The van der Waals surface area contributed by atoms with E-state index in [2.05, 4.69) is 59.9 Å². The minimum absolute atomic E-state index is 0.218. The summed E-state index contributed by atoms with van der Waals surface area (Å²) in [5.41, 5.74) is 2.24. The van der Waals surface area contributed by atoms with Gasteiger partial charge in [-0.1, -0.05) is 32.0 Å². The van der Waals surface area contributed by atoms with Gasteiger partial charge in [0.05, 0.1) is 12.2 Å². The zero-order valence-electron chi connectivity index (χ0n) is 22.2. The van der Waals surface area contributed by atoms with Crippen LogP contribution in [0.25, 0.3) is 27.3 Å². The molecule has 1 aromatic heterocycles. The first-order valence-electron chi connectivity index (χ1n) is 13.2. The van der Waals surface area contributed by atoms with Gasteiger partial charge in [0.25, 0.3) is 10.0 Å². The van der Waals surface area contributed by atoms with E-state index in [4.69, 9.17) is 4.74 Å². The number of sulfonamides is 1. The van der Waals surface area contributed by atoms with Crippen LogP contribution in [0.15, 0.2) is 53.4 Å². The molecule has 1 aliphatic rings. The van der Waals surface area contributed by atoms with Gasteiger partial charge in [-0.25, -0.2) is 13.1 Å². The van der Waals surface area contributed by atoms with Gasteiger partial charge in [-0.2, -0.15) is 5.26 Å². The Hall–Kier alpha value is -2.78. The van der Waals surface area contributed by atoms with Gasteiger partial charge >= 0.3 is 0 Å². The lowest BCUT2D eigenvalue weighted by atomic mass is 10.0. The van der Waals surface area contributed by atoms with Crippen LogP contribution >= 0.6 is 11.3 Å². The van der Waals surface area contributed by atoms with Crippen molar-refractivity contribution in [2.75, 3.05) is 31.1 Å². The number of ether oxygens (including phenoxy) is 1. The first-order chi connectivity index (χ1) is 18.7. The molecule has 0 saturated carbocycles. The Morgan fingerprint density at radius 1 is 1.13 bits per heavy atom. The number of nitriles is 1. The van der Waals surface area contributed by atoms with Crippen molar-refractivity contribution < 1.29 is 23.4 Å². The minimum Gasteiger partial charge on any atom is -0.390 e. The fourth-order valence-electron chi connectivity index (χ4n) is 4.68. The highest BCUT2D eigenvalue weighted by Crippen LogP contribution is 2.33. The van der Waals surface area contributed by atoms with Crippen LogP contribution in [0.3, 0.4) is 0 Å². The number of nitrogens with one attached hydrogen (secondary N) is 1. The van der Waals surface area contributed by atoms with E-state index >= 15 is 0 Å². The average Bonchev–Trinajstić information content (AvgIpc) is 3.40. The van der Waals surface area contributed by atoms with Gasteiger partial charge in [0, 0.05) is 41.7 Å². The van der Waals surface area contributed by atoms with Crippen LogP contribution in [0.2, 0.25) is 0 Å². The van der Waals surface area contributed by atoms with Gasteiger partial charge < -0.3 is 19.8 Å². The maximum atomic E-state index is 12.8. The average molecular weight is 570 g/mol. The zero-order valence-corrected chi connectivity index (χ0v) is 23.8. The number of rotatable bonds is 11. The molecule has 39 heavy (non-hydrogen) atoms. The van der Waals surface area contributed by atoms with E-state index in [1.807, 2.05) is 6.07 Å². The quantitative estimate of drug-likeness (QED) is 0.291. The van der Waals surface area contributed by atoms with Gasteiger partial charge in [0.15, 0.2) is 4.91 Å². The number of thiophene rings is 1. The van der Waals surface area contributed by atoms with Crippen molar-refractivity contribution in [1.29, 1.82) is 5.26 Å². The molecule has 3 N–H and O–H groups in total. The van der Waals surface area contributed by atoms with E-state index in [0.29, 0.717) is 4.88 Å². The summed E-state index contributed by atoms with van der Waals surface area (Å²) in [5.74, 6) is 0. The van der Waals surface area contributed by atoms with E-state index < -0.39 is 33.2 Å². The number of aliphatic hydroxyl groups excluding tert-OH is 2. The van der Waals surface area contributed by atoms with Crippen molar-refractivity contribution >= 4 is 43.9 Å². The minimum atomic E-state index is -4.13. The van der Waals surface area contributed by atoms with Gasteiger partial charge in [0.1, 0.15) is 12.2 Å². The Morgan fingerprint density at radius 2 is 1.85 bits per heavy atom. The first-order valence-corrected chi connectivity index (χ1v) is 15.5. The van der Waals surface area contributed by atoms with Crippen LogP contribution in [-0.4, -0.2) is 63.2 Å². The monoisotopic (exact) mass is 569 g/mol. The Kier molecular flexibility index (Phi) is 9.77. The Bertz CT molecular complexity index is 1460. The largest absolute Gasteiger partial charge is 0.390 e. The summed E-state index contributed by atoms with van der Waals surface area (Å²) >= 11 is 1.40. The van der Waals surface area contributed by atoms with Crippen molar-refractivity contribution in [3.8, 4) is 16.5 Å². The smallest absolute Gasteiger partial charge is 0.250 e. The molecule has 0 spiro atoms. The number of allylic oxidation sites excluding steroid dienone is 1. The SMILES string of the molecule is CCCN(CCC)c1ccc2cc(-c3ccc(/C=C(\C#N)S(=O)(=O)NC[C@H]4OCC[C@@H](O)[C@@H]4O)s3)ccc2c1. The van der Waals surface area contributed by atoms with E-state index in [0.717, 1.165) is 47.1 Å². The number of benzene rings is 2. The molecule has 1 fully saturated rings. The summed E-state index contributed by atoms with van der Waals surface area (Å²) < 4.78 is 33.2. The number of nitrogens with zero attached hydrogens (tertiary/aromatic N) is 2. The summed E-state index contributed by atoms with van der Waals surface area (Å²) in [6.07, 6.45) is 0.755. The fourth-order valence-corrected chi connectivity index (χ4v) is 6.65. The highest BCUT2D eigenvalue weighted by atomic mass is 32.2. The summed E-state index contributed by atoms with van der Waals surface area (Å²) in [7, 11) is -4.13. The van der Waals surface area contributed by atoms with Gasteiger partial charge in [-0.3, -0.25) is 0 Å². The molecular weight excluding hydrogens is 534 g/mol.